The van der Waals surface area contributed by atoms with Gasteiger partial charge in [0.2, 0.25) is 0 Å². The number of pyridine rings is 1. The number of aryl methyl sites for hydroxylation is 1. The fourth-order valence-corrected chi connectivity index (χ4v) is 1.68. The fraction of sp³-hybridized carbons (Fsp3) is 0.250. The largest absolute Gasteiger partial charge is 0.386 e. The SMILES string of the molecule is CCc1cc(-c2ccccn2)nn1CC(=N)N. The summed E-state index contributed by atoms with van der Waals surface area (Å²) in [5, 5.41) is 11.7. The van der Waals surface area contributed by atoms with Crippen LogP contribution in [0.1, 0.15) is 12.6 Å². The third-order valence-corrected chi connectivity index (χ3v) is 2.47. The van der Waals surface area contributed by atoms with Gasteiger partial charge in [0.15, 0.2) is 0 Å². The van der Waals surface area contributed by atoms with Crippen molar-refractivity contribution >= 4 is 5.84 Å². The summed E-state index contributed by atoms with van der Waals surface area (Å²) in [5.74, 6) is 0.107. The second-order valence-corrected chi connectivity index (χ2v) is 3.77. The first-order valence-corrected chi connectivity index (χ1v) is 5.51. The van der Waals surface area contributed by atoms with Crippen molar-refractivity contribution in [3.63, 3.8) is 0 Å². The lowest BCUT2D eigenvalue weighted by Crippen LogP contribution is -2.20. The Morgan fingerprint density at radius 2 is 2.24 bits per heavy atom. The van der Waals surface area contributed by atoms with Crippen molar-refractivity contribution in [3.05, 3.63) is 36.2 Å². The molecule has 88 valence electrons. The van der Waals surface area contributed by atoms with E-state index in [2.05, 4.69) is 17.0 Å². The molecule has 0 atom stereocenters. The summed E-state index contributed by atoms with van der Waals surface area (Å²) in [6.07, 6.45) is 2.60. The normalized spacial score (nSPS) is 10.4. The van der Waals surface area contributed by atoms with Gasteiger partial charge >= 0.3 is 0 Å². The molecule has 0 saturated carbocycles. The van der Waals surface area contributed by atoms with Crippen molar-refractivity contribution < 1.29 is 0 Å². The molecule has 0 fully saturated rings. The van der Waals surface area contributed by atoms with Gasteiger partial charge in [-0.25, -0.2) is 0 Å². The number of nitrogens with zero attached hydrogens (tertiary/aromatic N) is 3. The standard InChI is InChI=1S/C12H15N5/c1-2-9-7-11(10-5-3-4-6-15-10)16-17(9)8-12(13)14/h3-7H,2,8H2,1H3,(H3,13,14). The lowest BCUT2D eigenvalue weighted by atomic mass is 10.2. The molecule has 0 radical (unpaired) electrons. The summed E-state index contributed by atoms with van der Waals surface area (Å²) >= 11 is 0. The topological polar surface area (TPSA) is 80.6 Å². The van der Waals surface area contributed by atoms with Crippen LogP contribution in [-0.2, 0) is 13.0 Å². The molecule has 2 rings (SSSR count). The summed E-state index contributed by atoms with van der Waals surface area (Å²) in [4.78, 5) is 4.26. The minimum absolute atomic E-state index is 0.107. The quantitative estimate of drug-likeness (QED) is 0.615. The number of aromatic nitrogens is 3. The van der Waals surface area contributed by atoms with Crippen molar-refractivity contribution in [2.24, 2.45) is 5.73 Å². The number of hydrogen-bond donors (Lipinski definition) is 2. The summed E-state index contributed by atoms with van der Waals surface area (Å²) in [6, 6.07) is 7.71. The maximum Gasteiger partial charge on any atom is 0.113 e. The number of amidine groups is 1. The second kappa shape index (κ2) is 4.78. The third kappa shape index (κ3) is 2.50. The maximum absolute atomic E-state index is 7.32. The van der Waals surface area contributed by atoms with E-state index >= 15 is 0 Å². The van der Waals surface area contributed by atoms with Crippen molar-refractivity contribution in [1.82, 2.24) is 14.8 Å². The Balaban J connectivity index is 2.37. The fourth-order valence-electron chi connectivity index (χ4n) is 1.68. The predicted molar refractivity (Wildman–Crippen MR) is 66.8 cm³/mol. The highest BCUT2D eigenvalue weighted by molar-refractivity contribution is 5.76. The van der Waals surface area contributed by atoms with E-state index in [0.717, 1.165) is 23.5 Å². The van der Waals surface area contributed by atoms with Crippen LogP contribution < -0.4 is 5.73 Å². The molecule has 0 saturated heterocycles. The molecular formula is C12H15N5. The first kappa shape index (κ1) is 11.3. The van der Waals surface area contributed by atoms with Gasteiger partial charge in [-0.05, 0) is 24.6 Å². The minimum Gasteiger partial charge on any atom is -0.386 e. The molecule has 2 heterocycles. The second-order valence-electron chi connectivity index (χ2n) is 3.77. The third-order valence-electron chi connectivity index (χ3n) is 2.47. The van der Waals surface area contributed by atoms with Crippen LogP contribution in [0.15, 0.2) is 30.5 Å². The van der Waals surface area contributed by atoms with E-state index in [-0.39, 0.29) is 5.84 Å². The predicted octanol–water partition coefficient (Wildman–Crippen LogP) is 1.44. The highest BCUT2D eigenvalue weighted by Gasteiger charge is 2.09. The van der Waals surface area contributed by atoms with Gasteiger partial charge in [-0.1, -0.05) is 13.0 Å². The molecular weight excluding hydrogens is 214 g/mol. The van der Waals surface area contributed by atoms with Gasteiger partial charge in [0.25, 0.3) is 0 Å². The molecule has 2 aromatic rings. The monoisotopic (exact) mass is 229 g/mol. The van der Waals surface area contributed by atoms with E-state index in [1.165, 1.54) is 0 Å². The molecule has 2 aromatic heterocycles. The molecule has 0 aliphatic carbocycles. The van der Waals surface area contributed by atoms with E-state index in [4.69, 9.17) is 11.1 Å². The van der Waals surface area contributed by atoms with Crippen molar-refractivity contribution in [1.29, 1.82) is 5.41 Å². The van der Waals surface area contributed by atoms with Crippen molar-refractivity contribution in [2.75, 3.05) is 0 Å². The zero-order valence-electron chi connectivity index (χ0n) is 9.72. The summed E-state index contributed by atoms with van der Waals surface area (Å²) < 4.78 is 1.76. The van der Waals surface area contributed by atoms with Crippen LogP contribution in [0.2, 0.25) is 0 Å². The van der Waals surface area contributed by atoms with E-state index in [9.17, 15) is 0 Å². The Labute approximate surface area is 99.8 Å². The Kier molecular flexibility index (Phi) is 3.18. The molecule has 17 heavy (non-hydrogen) atoms. The van der Waals surface area contributed by atoms with Gasteiger partial charge in [-0.15, -0.1) is 0 Å². The Bertz CT molecular complexity index is 515. The molecule has 0 bridgehead atoms. The molecule has 0 aliphatic heterocycles. The zero-order valence-corrected chi connectivity index (χ0v) is 9.72. The van der Waals surface area contributed by atoms with Gasteiger partial charge in [0.05, 0.1) is 12.2 Å². The van der Waals surface area contributed by atoms with Crippen molar-refractivity contribution in [2.45, 2.75) is 19.9 Å². The first-order valence-electron chi connectivity index (χ1n) is 5.51. The molecule has 0 unspecified atom stereocenters. The molecule has 0 amide bonds. The Hall–Kier alpha value is -2.17. The van der Waals surface area contributed by atoms with Crippen molar-refractivity contribution in [3.8, 4) is 11.4 Å². The summed E-state index contributed by atoms with van der Waals surface area (Å²) in [7, 11) is 0. The van der Waals surface area contributed by atoms with Crippen LogP contribution in [0.4, 0.5) is 0 Å². The average Bonchev–Trinajstić information content (AvgIpc) is 2.72. The van der Waals surface area contributed by atoms with Crippen LogP contribution in [0.5, 0.6) is 0 Å². The number of nitrogens with two attached hydrogens (primary N) is 1. The van der Waals surface area contributed by atoms with Crippen LogP contribution in [0.25, 0.3) is 11.4 Å². The first-order chi connectivity index (χ1) is 8.20. The van der Waals surface area contributed by atoms with Gasteiger partial charge in [0, 0.05) is 11.9 Å². The smallest absolute Gasteiger partial charge is 0.113 e. The molecule has 0 spiro atoms. The molecule has 0 aromatic carbocycles. The van der Waals surface area contributed by atoms with Gasteiger partial charge < -0.3 is 5.73 Å². The van der Waals surface area contributed by atoms with Crippen LogP contribution in [-0.4, -0.2) is 20.6 Å². The molecule has 5 heteroatoms. The van der Waals surface area contributed by atoms with Gasteiger partial charge in [-0.2, -0.15) is 5.10 Å². The Morgan fingerprint density at radius 1 is 1.41 bits per heavy atom. The van der Waals surface area contributed by atoms with E-state index in [1.807, 2.05) is 24.3 Å². The summed E-state index contributed by atoms with van der Waals surface area (Å²) in [6.45, 7) is 2.38. The molecule has 3 N–H and O–H groups in total. The number of rotatable bonds is 4. The molecule has 0 aliphatic rings. The lowest BCUT2D eigenvalue weighted by molar-refractivity contribution is 0.678. The van der Waals surface area contributed by atoms with E-state index < -0.39 is 0 Å². The van der Waals surface area contributed by atoms with E-state index in [0.29, 0.717) is 6.54 Å². The number of hydrogen-bond acceptors (Lipinski definition) is 3. The lowest BCUT2D eigenvalue weighted by Gasteiger charge is -2.02. The maximum atomic E-state index is 7.32. The zero-order chi connectivity index (χ0) is 12.3. The van der Waals surface area contributed by atoms with Gasteiger partial charge in [0.1, 0.15) is 11.5 Å². The van der Waals surface area contributed by atoms with Crippen LogP contribution in [0.3, 0.4) is 0 Å². The summed E-state index contributed by atoms with van der Waals surface area (Å²) in [5.41, 5.74) is 8.12. The average molecular weight is 229 g/mol. The Morgan fingerprint density at radius 3 is 2.82 bits per heavy atom. The minimum atomic E-state index is 0.107. The highest BCUT2D eigenvalue weighted by Crippen LogP contribution is 2.16. The van der Waals surface area contributed by atoms with Gasteiger partial charge in [-0.3, -0.25) is 15.1 Å². The number of nitrogens with one attached hydrogen (secondary N) is 1. The molecule has 5 nitrogen and oxygen atoms in total. The van der Waals surface area contributed by atoms with E-state index in [1.54, 1.807) is 10.9 Å². The van der Waals surface area contributed by atoms with Crippen LogP contribution >= 0.6 is 0 Å². The highest BCUT2D eigenvalue weighted by atomic mass is 15.3. The van der Waals surface area contributed by atoms with Crippen LogP contribution in [0, 0.1) is 5.41 Å².